The second-order valence-electron chi connectivity index (χ2n) is 6.89. The first kappa shape index (κ1) is 20.3. The van der Waals surface area contributed by atoms with Crippen LogP contribution in [-0.2, 0) is 14.3 Å². The van der Waals surface area contributed by atoms with Crippen molar-refractivity contribution >= 4 is 29.5 Å². The average Bonchev–Trinajstić information content (AvgIpc) is 2.86. The number of nitrogens with zero attached hydrogens (tertiary/aromatic N) is 1. The smallest absolute Gasteiger partial charge is 0.352 e. The fourth-order valence-corrected chi connectivity index (χ4v) is 5.46. The van der Waals surface area contributed by atoms with Gasteiger partial charge in [0, 0.05) is 7.11 Å². The highest BCUT2D eigenvalue weighted by Gasteiger charge is 2.74. The number of nitrogens with one attached hydrogen (secondary N) is 1. The zero-order chi connectivity index (χ0) is 20.9. The van der Waals surface area contributed by atoms with E-state index >= 15 is 0 Å². The first-order valence-electron chi connectivity index (χ1n) is 8.47. The lowest BCUT2D eigenvalue weighted by Gasteiger charge is -2.49. The molecule has 152 valence electrons. The second-order valence-corrected chi connectivity index (χ2v) is 8.63. The van der Waals surface area contributed by atoms with Crippen molar-refractivity contribution in [3.63, 3.8) is 0 Å². The minimum absolute atomic E-state index is 0.0497. The Morgan fingerprint density at radius 1 is 1.18 bits per heavy atom. The van der Waals surface area contributed by atoms with Gasteiger partial charge in [0.1, 0.15) is 22.4 Å². The van der Waals surface area contributed by atoms with Crippen molar-refractivity contribution in [3.05, 3.63) is 23.8 Å². The number of amides is 2. The van der Waals surface area contributed by atoms with Gasteiger partial charge in [-0.3, -0.25) is 14.5 Å². The summed E-state index contributed by atoms with van der Waals surface area (Å²) in [5, 5.41) is 12.2. The first-order valence-corrected chi connectivity index (χ1v) is 9.35. The average molecular weight is 410 g/mol. The van der Waals surface area contributed by atoms with E-state index in [1.54, 1.807) is 32.0 Å². The molecule has 1 aromatic carbocycles. The van der Waals surface area contributed by atoms with Crippen LogP contribution in [0, 0.1) is 0 Å². The van der Waals surface area contributed by atoms with Crippen LogP contribution in [0.2, 0.25) is 0 Å². The summed E-state index contributed by atoms with van der Waals surface area (Å²) in [6.45, 7) is 3.34. The lowest BCUT2D eigenvalue weighted by atomic mass is 9.88. The Labute approximate surface area is 166 Å². The zero-order valence-corrected chi connectivity index (χ0v) is 17.0. The highest BCUT2D eigenvalue weighted by molar-refractivity contribution is 8.01. The molecule has 1 unspecified atom stereocenters. The van der Waals surface area contributed by atoms with Crippen molar-refractivity contribution in [1.82, 2.24) is 10.2 Å². The van der Waals surface area contributed by atoms with E-state index < -0.39 is 39.7 Å². The monoisotopic (exact) mass is 410 g/mol. The summed E-state index contributed by atoms with van der Waals surface area (Å²) in [6, 6.07) is 4.78. The predicted octanol–water partition coefficient (Wildman–Crippen LogP) is 0.923. The molecule has 28 heavy (non-hydrogen) atoms. The van der Waals surface area contributed by atoms with Crippen molar-refractivity contribution < 1.29 is 33.7 Å². The molecule has 3 atom stereocenters. The van der Waals surface area contributed by atoms with Gasteiger partial charge in [0.2, 0.25) is 5.66 Å². The Kier molecular flexibility index (Phi) is 4.96. The van der Waals surface area contributed by atoms with Crippen LogP contribution in [-0.4, -0.2) is 71.0 Å². The normalized spacial score (nSPS) is 27.6. The molecule has 2 heterocycles. The topological polar surface area (TPSA) is 114 Å². The fraction of sp³-hybridized carbons (Fsp3) is 0.500. The zero-order valence-electron chi connectivity index (χ0n) is 16.1. The standard InChI is InChI=1S/C18H22N2O7S/c1-17(2)18(16(23)24,20-14(22)12(27-5)15(20)28-17)19-13(21)11-9(25-3)7-6-8-10(11)26-4/h6-8,12,15H,1-5H3,(H,19,21)(H,23,24)/t12?,15-,18+/m1/s1. The number of benzene rings is 1. The molecular formula is C18H22N2O7S. The minimum atomic E-state index is -1.96. The van der Waals surface area contributed by atoms with Gasteiger partial charge in [-0.1, -0.05) is 6.07 Å². The predicted molar refractivity (Wildman–Crippen MR) is 100 cm³/mol. The highest BCUT2D eigenvalue weighted by atomic mass is 32.2. The Morgan fingerprint density at radius 3 is 2.21 bits per heavy atom. The Balaban J connectivity index is 2.07. The SMILES string of the molecule is COc1cccc(OC)c1C(=O)N[C@@]1(C(=O)O)N2C(=O)C(OC)[C@H]2SC1(C)C. The van der Waals surface area contributed by atoms with Gasteiger partial charge in [0.15, 0.2) is 6.10 Å². The third kappa shape index (κ3) is 2.55. The number of fused-ring (bicyclic) bond motifs is 1. The quantitative estimate of drug-likeness (QED) is 0.666. The van der Waals surface area contributed by atoms with Crippen molar-refractivity contribution in [2.75, 3.05) is 21.3 Å². The van der Waals surface area contributed by atoms with E-state index in [2.05, 4.69) is 5.32 Å². The van der Waals surface area contributed by atoms with Crippen LogP contribution in [0.15, 0.2) is 18.2 Å². The molecule has 0 aromatic heterocycles. The summed E-state index contributed by atoms with van der Waals surface area (Å²) in [4.78, 5) is 39.3. The summed E-state index contributed by atoms with van der Waals surface area (Å²) in [5.74, 6) is -2.10. The molecule has 1 aromatic rings. The Bertz CT molecular complexity index is 821. The van der Waals surface area contributed by atoms with Crippen LogP contribution in [0.3, 0.4) is 0 Å². The van der Waals surface area contributed by atoms with E-state index in [1.165, 1.54) is 38.0 Å². The number of hydrogen-bond donors (Lipinski definition) is 2. The molecule has 0 bridgehead atoms. The number of hydrogen-bond acceptors (Lipinski definition) is 7. The van der Waals surface area contributed by atoms with Crippen molar-refractivity contribution in [1.29, 1.82) is 0 Å². The maximum atomic E-state index is 13.2. The molecule has 2 aliphatic rings. The molecule has 3 rings (SSSR count). The maximum Gasteiger partial charge on any atom is 0.352 e. The van der Waals surface area contributed by atoms with Crippen LogP contribution in [0.4, 0.5) is 0 Å². The third-order valence-corrected chi connectivity index (χ3v) is 6.74. The van der Waals surface area contributed by atoms with Crippen molar-refractivity contribution in [2.45, 2.75) is 35.7 Å². The second kappa shape index (κ2) is 6.85. The van der Waals surface area contributed by atoms with Gasteiger partial charge < -0.3 is 24.6 Å². The summed E-state index contributed by atoms with van der Waals surface area (Å²) < 4.78 is 14.6. The van der Waals surface area contributed by atoms with Gasteiger partial charge in [-0.05, 0) is 26.0 Å². The number of β-lactam (4-membered cyclic amide) rings is 1. The van der Waals surface area contributed by atoms with Gasteiger partial charge in [-0.2, -0.15) is 0 Å². The highest BCUT2D eigenvalue weighted by Crippen LogP contribution is 2.56. The molecule has 2 N–H and O–H groups in total. The lowest BCUT2D eigenvalue weighted by Crippen LogP contribution is -2.78. The number of rotatable bonds is 6. The van der Waals surface area contributed by atoms with Gasteiger partial charge in [-0.15, -0.1) is 11.8 Å². The Morgan fingerprint density at radius 2 is 1.75 bits per heavy atom. The van der Waals surface area contributed by atoms with Gasteiger partial charge in [-0.25, -0.2) is 4.79 Å². The molecule has 9 nitrogen and oxygen atoms in total. The van der Waals surface area contributed by atoms with Crippen LogP contribution in [0.5, 0.6) is 11.5 Å². The molecule has 0 aliphatic carbocycles. The number of ether oxygens (including phenoxy) is 3. The van der Waals surface area contributed by atoms with Crippen molar-refractivity contribution in [2.24, 2.45) is 0 Å². The number of carbonyl (C=O) groups excluding carboxylic acids is 2. The lowest BCUT2D eigenvalue weighted by molar-refractivity contribution is -0.185. The largest absolute Gasteiger partial charge is 0.496 e. The fourth-order valence-electron chi connectivity index (χ4n) is 3.73. The molecule has 10 heteroatoms. The number of carboxylic acid groups (broad SMARTS) is 1. The molecule has 0 saturated carbocycles. The maximum absolute atomic E-state index is 13.2. The Hall–Kier alpha value is -2.46. The van der Waals surface area contributed by atoms with E-state index in [0.29, 0.717) is 0 Å². The molecule has 2 saturated heterocycles. The van der Waals surface area contributed by atoms with E-state index in [-0.39, 0.29) is 17.1 Å². The minimum Gasteiger partial charge on any atom is -0.496 e. The van der Waals surface area contributed by atoms with Crippen LogP contribution < -0.4 is 14.8 Å². The molecular weight excluding hydrogens is 388 g/mol. The van der Waals surface area contributed by atoms with Gasteiger partial charge >= 0.3 is 5.97 Å². The summed E-state index contributed by atoms with van der Waals surface area (Å²) in [7, 11) is 4.19. The summed E-state index contributed by atoms with van der Waals surface area (Å²) in [5.41, 5.74) is -1.91. The first-order chi connectivity index (χ1) is 13.2. The number of carbonyl (C=O) groups is 3. The number of aliphatic carboxylic acids is 1. The van der Waals surface area contributed by atoms with Crippen LogP contribution in [0.25, 0.3) is 0 Å². The van der Waals surface area contributed by atoms with E-state index in [9.17, 15) is 19.5 Å². The van der Waals surface area contributed by atoms with E-state index in [0.717, 1.165) is 0 Å². The molecule has 2 fully saturated rings. The molecule has 0 spiro atoms. The third-order valence-electron chi connectivity index (χ3n) is 5.16. The van der Waals surface area contributed by atoms with Crippen LogP contribution in [0.1, 0.15) is 24.2 Å². The number of methoxy groups -OCH3 is 3. The molecule has 2 aliphatic heterocycles. The van der Waals surface area contributed by atoms with Crippen LogP contribution >= 0.6 is 11.8 Å². The molecule has 2 amide bonds. The molecule has 0 radical (unpaired) electrons. The van der Waals surface area contributed by atoms with E-state index in [1.807, 2.05) is 0 Å². The summed E-state index contributed by atoms with van der Waals surface area (Å²) in [6.07, 6.45) is -0.747. The van der Waals surface area contributed by atoms with Gasteiger partial charge in [0.25, 0.3) is 11.8 Å². The summed E-state index contributed by atoms with van der Waals surface area (Å²) >= 11 is 1.27. The van der Waals surface area contributed by atoms with Crippen molar-refractivity contribution in [3.8, 4) is 11.5 Å². The van der Waals surface area contributed by atoms with Gasteiger partial charge in [0.05, 0.1) is 19.0 Å². The number of carboxylic acids is 1. The number of thioether (sulfide) groups is 1. The van der Waals surface area contributed by atoms with E-state index in [4.69, 9.17) is 14.2 Å².